The van der Waals surface area contributed by atoms with Crippen LogP contribution in [0, 0.1) is 5.41 Å². The summed E-state index contributed by atoms with van der Waals surface area (Å²) in [5.74, 6) is 0. The molecule has 0 aliphatic rings. The van der Waals surface area contributed by atoms with E-state index >= 15 is 0 Å². The molecule has 0 saturated carbocycles. The molecule has 28 heavy (non-hydrogen) atoms. The highest BCUT2D eigenvalue weighted by Crippen LogP contribution is 2.22. The van der Waals surface area contributed by atoms with Crippen molar-refractivity contribution in [1.29, 1.82) is 5.41 Å². The second kappa shape index (κ2) is 12.4. The van der Waals surface area contributed by atoms with Gasteiger partial charge in [0.2, 0.25) is 0 Å². The summed E-state index contributed by atoms with van der Waals surface area (Å²) in [7, 11) is 0. The fourth-order valence-electron chi connectivity index (χ4n) is 2.90. The van der Waals surface area contributed by atoms with E-state index in [1.165, 1.54) is 25.7 Å². The lowest BCUT2D eigenvalue weighted by molar-refractivity contribution is -0.0925. The Morgan fingerprint density at radius 3 is 2.14 bits per heavy atom. The van der Waals surface area contributed by atoms with E-state index in [0.29, 0.717) is 6.08 Å². The monoisotopic (exact) mass is 398 g/mol. The molecule has 0 saturated heterocycles. The zero-order chi connectivity index (χ0) is 21.0. The molecular formula is C21H33F3N4. The van der Waals surface area contributed by atoms with Gasteiger partial charge in [0.15, 0.2) is 0 Å². The molecule has 0 aliphatic carbocycles. The molecular weight excluding hydrogens is 365 g/mol. The molecule has 1 aromatic heterocycles. The number of rotatable bonds is 13. The second-order valence-corrected chi connectivity index (χ2v) is 7.02. The highest BCUT2D eigenvalue weighted by Gasteiger charge is 2.31. The standard InChI is InChI=1S/C21H33F3N4/c1-3-5-7-9-13-28(14-10-8-6-4-2)17-11-12-27-19(15-17)18(25)16-20(26)21(22,23)24/h11-12,15-16,25H,3-10,13-14,26H2,1-2H3. The number of hydrogen-bond acceptors (Lipinski definition) is 4. The molecule has 0 amide bonds. The lowest BCUT2D eigenvalue weighted by atomic mass is 10.1. The van der Waals surface area contributed by atoms with Crippen molar-refractivity contribution >= 4 is 11.4 Å². The SMILES string of the molecule is CCCCCCN(CCCCCC)c1ccnc(C(=N)C=C(N)C(F)(F)F)c1. The minimum absolute atomic E-state index is 0.191. The van der Waals surface area contributed by atoms with Gasteiger partial charge in [-0.05, 0) is 31.1 Å². The Labute approximate surface area is 166 Å². The summed E-state index contributed by atoms with van der Waals surface area (Å²) in [6, 6.07) is 3.54. The fraction of sp³-hybridized carbons (Fsp3) is 0.619. The third kappa shape index (κ3) is 8.76. The van der Waals surface area contributed by atoms with Crippen LogP contribution in [0.2, 0.25) is 0 Å². The Morgan fingerprint density at radius 2 is 1.64 bits per heavy atom. The first-order chi connectivity index (χ1) is 13.3. The first-order valence-corrected chi connectivity index (χ1v) is 10.1. The topological polar surface area (TPSA) is 66.0 Å². The molecule has 0 bridgehead atoms. The molecule has 0 unspecified atom stereocenters. The summed E-state index contributed by atoms with van der Waals surface area (Å²) in [6.45, 7) is 6.12. The molecule has 0 atom stereocenters. The predicted octanol–water partition coefficient (Wildman–Crippen LogP) is 5.82. The lowest BCUT2D eigenvalue weighted by Crippen LogP contribution is -2.26. The molecule has 0 spiro atoms. The smallest absolute Gasteiger partial charge is 0.395 e. The van der Waals surface area contributed by atoms with Crippen LogP contribution in [0.25, 0.3) is 0 Å². The average Bonchev–Trinajstić information content (AvgIpc) is 2.66. The van der Waals surface area contributed by atoms with Gasteiger partial charge in [-0.25, -0.2) is 0 Å². The van der Waals surface area contributed by atoms with Crippen molar-refractivity contribution in [2.75, 3.05) is 18.0 Å². The quantitative estimate of drug-likeness (QED) is 0.325. The van der Waals surface area contributed by atoms with E-state index in [2.05, 4.69) is 23.7 Å². The number of unbranched alkanes of at least 4 members (excludes halogenated alkanes) is 6. The van der Waals surface area contributed by atoms with Gasteiger partial charge in [-0.3, -0.25) is 10.4 Å². The highest BCUT2D eigenvalue weighted by atomic mass is 19.4. The highest BCUT2D eigenvalue weighted by molar-refractivity contribution is 6.05. The minimum atomic E-state index is -4.64. The fourth-order valence-corrected chi connectivity index (χ4v) is 2.90. The summed E-state index contributed by atoms with van der Waals surface area (Å²) in [6.07, 6.45) is 6.68. The van der Waals surface area contributed by atoms with Crippen molar-refractivity contribution in [3.63, 3.8) is 0 Å². The first kappa shape index (κ1) is 24.0. The van der Waals surface area contributed by atoms with E-state index in [1.54, 1.807) is 12.3 Å². The summed E-state index contributed by atoms with van der Waals surface area (Å²) in [4.78, 5) is 6.31. The summed E-state index contributed by atoms with van der Waals surface area (Å²) in [5.41, 5.74) is 4.48. The number of nitrogens with one attached hydrogen (secondary N) is 1. The van der Waals surface area contributed by atoms with Gasteiger partial charge in [0.05, 0.1) is 11.4 Å². The zero-order valence-electron chi connectivity index (χ0n) is 17.0. The zero-order valence-corrected chi connectivity index (χ0v) is 17.0. The molecule has 1 heterocycles. The van der Waals surface area contributed by atoms with Crippen molar-refractivity contribution in [3.8, 4) is 0 Å². The third-order valence-corrected chi connectivity index (χ3v) is 4.57. The summed E-state index contributed by atoms with van der Waals surface area (Å²) >= 11 is 0. The third-order valence-electron chi connectivity index (χ3n) is 4.57. The molecule has 1 aromatic rings. The molecule has 0 aromatic carbocycles. The van der Waals surface area contributed by atoms with Crippen LogP contribution in [0.1, 0.15) is 70.9 Å². The van der Waals surface area contributed by atoms with Crippen LogP contribution in [0.15, 0.2) is 30.1 Å². The number of halogens is 3. The molecule has 7 heteroatoms. The van der Waals surface area contributed by atoms with E-state index in [0.717, 1.165) is 44.5 Å². The summed E-state index contributed by atoms with van der Waals surface area (Å²) < 4.78 is 37.9. The normalized spacial score (nSPS) is 12.2. The van der Waals surface area contributed by atoms with Crippen LogP contribution in [0.3, 0.4) is 0 Å². The van der Waals surface area contributed by atoms with Crippen molar-refractivity contribution in [2.24, 2.45) is 5.73 Å². The lowest BCUT2D eigenvalue weighted by Gasteiger charge is -2.25. The maximum Gasteiger partial charge on any atom is 0.430 e. The number of nitrogens with zero attached hydrogens (tertiary/aromatic N) is 2. The van der Waals surface area contributed by atoms with E-state index in [-0.39, 0.29) is 11.4 Å². The largest absolute Gasteiger partial charge is 0.430 e. The predicted molar refractivity (Wildman–Crippen MR) is 110 cm³/mol. The number of allylic oxidation sites excluding steroid dienone is 2. The van der Waals surface area contributed by atoms with E-state index in [1.807, 2.05) is 6.07 Å². The van der Waals surface area contributed by atoms with Gasteiger partial charge >= 0.3 is 6.18 Å². The Balaban J connectivity index is 2.91. The molecule has 0 aliphatic heterocycles. The van der Waals surface area contributed by atoms with Crippen LogP contribution in [-0.2, 0) is 0 Å². The van der Waals surface area contributed by atoms with Crippen LogP contribution in [0.4, 0.5) is 18.9 Å². The van der Waals surface area contributed by atoms with Gasteiger partial charge in [-0.2, -0.15) is 13.2 Å². The van der Waals surface area contributed by atoms with Gasteiger partial charge in [0.25, 0.3) is 0 Å². The van der Waals surface area contributed by atoms with Gasteiger partial charge in [-0.1, -0.05) is 52.4 Å². The second-order valence-electron chi connectivity index (χ2n) is 7.02. The number of nitrogens with two attached hydrogens (primary N) is 1. The Morgan fingerprint density at radius 1 is 1.07 bits per heavy atom. The molecule has 3 N–H and O–H groups in total. The van der Waals surface area contributed by atoms with Crippen molar-refractivity contribution < 1.29 is 13.2 Å². The first-order valence-electron chi connectivity index (χ1n) is 10.1. The maximum atomic E-state index is 12.6. The van der Waals surface area contributed by atoms with Crippen molar-refractivity contribution in [3.05, 3.63) is 35.8 Å². The Kier molecular flexibility index (Phi) is 10.6. The van der Waals surface area contributed by atoms with Crippen LogP contribution < -0.4 is 10.6 Å². The minimum Gasteiger partial charge on any atom is -0.395 e. The average molecular weight is 399 g/mol. The molecule has 1 rings (SSSR count). The van der Waals surface area contributed by atoms with E-state index < -0.39 is 11.9 Å². The number of alkyl halides is 3. The van der Waals surface area contributed by atoms with Crippen molar-refractivity contribution in [1.82, 2.24) is 4.98 Å². The van der Waals surface area contributed by atoms with E-state index in [4.69, 9.17) is 11.1 Å². The number of pyridine rings is 1. The van der Waals surface area contributed by atoms with E-state index in [9.17, 15) is 13.2 Å². The maximum absolute atomic E-state index is 12.6. The van der Waals surface area contributed by atoms with Gasteiger partial charge in [0, 0.05) is 25.0 Å². The Bertz CT molecular complexity index is 614. The van der Waals surface area contributed by atoms with Crippen LogP contribution >= 0.6 is 0 Å². The van der Waals surface area contributed by atoms with Gasteiger partial charge in [-0.15, -0.1) is 0 Å². The van der Waals surface area contributed by atoms with Crippen LogP contribution in [0.5, 0.6) is 0 Å². The van der Waals surface area contributed by atoms with Gasteiger partial charge < -0.3 is 10.6 Å². The Hall–Kier alpha value is -2.05. The number of hydrogen-bond donors (Lipinski definition) is 2. The molecule has 158 valence electrons. The molecule has 4 nitrogen and oxygen atoms in total. The molecule has 0 fully saturated rings. The summed E-state index contributed by atoms with van der Waals surface area (Å²) in [5, 5.41) is 7.93. The molecule has 0 radical (unpaired) electrons. The van der Waals surface area contributed by atoms with Crippen LogP contribution in [-0.4, -0.2) is 30.0 Å². The number of aromatic nitrogens is 1. The number of anilines is 1. The van der Waals surface area contributed by atoms with Gasteiger partial charge in [0.1, 0.15) is 5.70 Å². The van der Waals surface area contributed by atoms with Crippen molar-refractivity contribution in [2.45, 2.75) is 71.4 Å².